The van der Waals surface area contributed by atoms with Crippen LogP contribution < -0.4 is 10.9 Å². The van der Waals surface area contributed by atoms with Crippen LogP contribution >= 0.6 is 0 Å². The van der Waals surface area contributed by atoms with Gasteiger partial charge in [-0.1, -0.05) is 6.07 Å². The van der Waals surface area contributed by atoms with Crippen molar-refractivity contribution in [1.82, 2.24) is 15.0 Å². The van der Waals surface area contributed by atoms with E-state index in [1.807, 2.05) is 0 Å². The van der Waals surface area contributed by atoms with Crippen molar-refractivity contribution in [2.24, 2.45) is 12.1 Å². The van der Waals surface area contributed by atoms with Crippen LogP contribution in [0.3, 0.4) is 0 Å². The van der Waals surface area contributed by atoms with E-state index in [1.54, 1.807) is 18.3 Å². The molecular formula is C18H13F3N4O2. The van der Waals surface area contributed by atoms with Gasteiger partial charge >= 0.3 is 6.18 Å². The van der Waals surface area contributed by atoms with E-state index in [0.29, 0.717) is 5.56 Å². The molecule has 0 unspecified atom stereocenters. The van der Waals surface area contributed by atoms with E-state index in [4.69, 9.17) is 0 Å². The Labute approximate surface area is 151 Å². The number of hydrogen-bond donors (Lipinski definition) is 1. The van der Waals surface area contributed by atoms with Gasteiger partial charge in [0.15, 0.2) is 0 Å². The molecule has 0 fully saturated rings. The van der Waals surface area contributed by atoms with Crippen molar-refractivity contribution < 1.29 is 18.0 Å². The summed E-state index contributed by atoms with van der Waals surface area (Å²) in [7, 11) is 1.53. The van der Waals surface area contributed by atoms with Crippen LogP contribution in [0.4, 0.5) is 13.2 Å². The van der Waals surface area contributed by atoms with Crippen molar-refractivity contribution in [2.45, 2.75) is 6.18 Å². The summed E-state index contributed by atoms with van der Waals surface area (Å²) in [6.45, 7) is 0. The van der Waals surface area contributed by atoms with E-state index in [0.717, 1.165) is 12.1 Å². The summed E-state index contributed by atoms with van der Waals surface area (Å²) in [6.07, 6.45) is 1.09. The topological polar surface area (TPSA) is 76.3 Å². The van der Waals surface area contributed by atoms with Crippen LogP contribution in [0, 0.1) is 0 Å². The predicted octanol–water partition coefficient (Wildman–Crippen LogP) is 2.72. The van der Waals surface area contributed by atoms with Gasteiger partial charge in [0.05, 0.1) is 17.3 Å². The normalized spacial score (nSPS) is 11.9. The Morgan fingerprint density at radius 1 is 1.30 bits per heavy atom. The Morgan fingerprint density at radius 3 is 2.74 bits per heavy atom. The molecule has 9 heteroatoms. The predicted molar refractivity (Wildman–Crippen MR) is 93.5 cm³/mol. The number of fused-ring (bicyclic) bond motifs is 1. The fourth-order valence-corrected chi connectivity index (χ4v) is 2.51. The molecule has 0 aliphatic heterocycles. The van der Waals surface area contributed by atoms with Gasteiger partial charge in [-0.25, -0.2) is 5.43 Å². The number of carbonyl (C=O) groups is 1. The fraction of sp³-hybridized carbons (Fsp3) is 0.111. The van der Waals surface area contributed by atoms with Crippen molar-refractivity contribution in [3.8, 4) is 0 Å². The molecule has 0 aliphatic rings. The second-order valence-corrected chi connectivity index (χ2v) is 5.70. The molecular weight excluding hydrogens is 361 g/mol. The molecule has 3 aromatic rings. The highest BCUT2D eigenvalue weighted by molar-refractivity contribution is 5.97. The first-order valence-corrected chi connectivity index (χ1v) is 7.71. The number of hydrazone groups is 1. The Balaban J connectivity index is 1.96. The first-order chi connectivity index (χ1) is 12.8. The maximum atomic E-state index is 12.9. The summed E-state index contributed by atoms with van der Waals surface area (Å²) in [5.41, 5.74) is 1.02. The largest absolute Gasteiger partial charge is 0.416 e. The molecule has 0 spiro atoms. The van der Waals surface area contributed by atoms with Crippen LogP contribution in [0.2, 0.25) is 0 Å². The van der Waals surface area contributed by atoms with Gasteiger partial charge in [-0.3, -0.25) is 14.6 Å². The Bertz CT molecular complexity index is 1090. The second-order valence-electron chi connectivity index (χ2n) is 5.70. The van der Waals surface area contributed by atoms with Gasteiger partial charge < -0.3 is 4.57 Å². The lowest BCUT2D eigenvalue weighted by atomic mass is 10.1. The first-order valence-electron chi connectivity index (χ1n) is 7.71. The van der Waals surface area contributed by atoms with E-state index in [-0.39, 0.29) is 16.5 Å². The lowest BCUT2D eigenvalue weighted by molar-refractivity contribution is -0.137. The summed E-state index contributed by atoms with van der Waals surface area (Å²) in [5, 5.41) is 3.53. The zero-order valence-corrected chi connectivity index (χ0v) is 14.0. The van der Waals surface area contributed by atoms with Crippen LogP contribution in [0.15, 0.2) is 58.8 Å². The summed E-state index contributed by atoms with van der Waals surface area (Å²) in [6, 6.07) is 6.21. The second kappa shape index (κ2) is 7.02. The number of pyridine rings is 2. The Morgan fingerprint density at radius 2 is 2.07 bits per heavy atom. The number of carbonyl (C=O) groups excluding carboxylic acids is 1. The number of hydrogen-bond acceptors (Lipinski definition) is 4. The van der Waals surface area contributed by atoms with Crippen LogP contribution in [-0.4, -0.2) is 21.7 Å². The highest BCUT2D eigenvalue weighted by Gasteiger charge is 2.31. The molecule has 0 aliphatic carbocycles. The molecule has 3 rings (SSSR count). The lowest BCUT2D eigenvalue weighted by Gasteiger charge is -2.11. The minimum atomic E-state index is -4.59. The minimum Gasteiger partial charge on any atom is -0.350 e. The van der Waals surface area contributed by atoms with Crippen LogP contribution in [0.1, 0.15) is 21.5 Å². The number of aromatic nitrogens is 2. The van der Waals surface area contributed by atoms with E-state index >= 15 is 0 Å². The molecule has 0 saturated heterocycles. The Hall–Kier alpha value is -3.49. The number of aryl methyl sites for hydroxylation is 1. The zero-order chi connectivity index (χ0) is 19.6. The van der Waals surface area contributed by atoms with Crippen LogP contribution in [0.25, 0.3) is 10.9 Å². The number of halogens is 3. The standard InChI is InChI=1S/C18H13F3N4O2/c1-25-10-14(17(27)24-23-9-11-3-2-6-22-8-11)16(26)13-7-12(18(19,20)21)4-5-15(13)25/h2-10H,1H3,(H,24,27)/b23-9+. The van der Waals surface area contributed by atoms with Crippen molar-refractivity contribution in [3.05, 3.63) is 75.8 Å². The number of amides is 1. The molecule has 0 atom stereocenters. The molecule has 2 heterocycles. The molecule has 27 heavy (non-hydrogen) atoms. The third-order valence-corrected chi connectivity index (χ3v) is 3.82. The number of nitrogens with one attached hydrogen (secondary N) is 1. The SMILES string of the molecule is Cn1cc(C(=O)N/N=C/c2cccnc2)c(=O)c2cc(C(F)(F)F)ccc21. The molecule has 1 N–H and O–H groups in total. The summed E-state index contributed by atoms with van der Waals surface area (Å²) >= 11 is 0. The molecule has 138 valence electrons. The van der Waals surface area contributed by atoms with Crippen molar-refractivity contribution in [3.63, 3.8) is 0 Å². The van der Waals surface area contributed by atoms with Crippen molar-refractivity contribution in [1.29, 1.82) is 0 Å². The van der Waals surface area contributed by atoms with Gasteiger partial charge in [0.25, 0.3) is 5.91 Å². The summed E-state index contributed by atoms with van der Waals surface area (Å²) < 4.78 is 40.2. The van der Waals surface area contributed by atoms with Gasteiger partial charge in [-0.2, -0.15) is 18.3 Å². The highest BCUT2D eigenvalue weighted by Crippen LogP contribution is 2.30. The monoisotopic (exact) mass is 374 g/mol. The number of nitrogens with zero attached hydrogens (tertiary/aromatic N) is 3. The quantitative estimate of drug-likeness (QED) is 0.566. The van der Waals surface area contributed by atoms with Crippen LogP contribution in [-0.2, 0) is 13.2 Å². The van der Waals surface area contributed by atoms with Gasteiger partial charge in [0, 0.05) is 36.6 Å². The molecule has 0 radical (unpaired) electrons. The van der Waals surface area contributed by atoms with E-state index < -0.39 is 23.1 Å². The molecule has 0 saturated carbocycles. The number of benzene rings is 1. The molecule has 2 aromatic heterocycles. The molecule has 1 amide bonds. The van der Waals surface area contributed by atoms with E-state index in [9.17, 15) is 22.8 Å². The van der Waals surface area contributed by atoms with Gasteiger partial charge in [0.2, 0.25) is 5.43 Å². The number of alkyl halides is 3. The van der Waals surface area contributed by atoms with Gasteiger partial charge in [-0.05, 0) is 24.3 Å². The van der Waals surface area contributed by atoms with Gasteiger partial charge in [-0.15, -0.1) is 0 Å². The highest BCUT2D eigenvalue weighted by atomic mass is 19.4. The maximum absolute atomic E-state index is 12.9. The van der Waals surface area contributed by atoms with Crippen LogP contribution in [0.5, 0.6) is 0 Å². The lowest BCUT2D eigenvalue weighted by Crippen LogP contribution is -2.26. The number of rotatable bonds is 3. The zero-order valence-electron chi connectivity index (χ0n) is 14.0. The summed E-state index contributed by atoms with van der Waals surface area (Å²) in [5.74, 6) is -0.824. The molecule has 1 aromatic carbocycles. The maximum Gasteiger partial charge on any atom is 0.416 e. The summed E-state index contributed by atoms with van der Waals surface area (Å²) in [4.78, 5) is 28.7. The first kappa shape index (κ1) is 18.3. The Kier molecular flexibility index (Phi) is 4.76. The van der Waals surface area contributed by atoms with Crippen molar-refractivity contribution in [2.75, 3.05) is 0 Å². The van der Waals surface area contributed by atoms with Crippen molar-refractivity contribution >= 4 is 23.0 Å². The fourth-order valence-electron chi connectivity index (χ4n) is 2.51. The van der Waals surface area contributed by atoms with Gasteiger partial charge in [0.1, 0.15) is 5.56 Å². The molecule has 0 bridgehead atoms. The van der Waals surface area contributed by atoms with E-state index in [1.165, 1.54) is 36.3 Å². The molecule has 6 nitrogen and oxygen atoms in total. The third-order valence-electron chi connectivity index (χ3n) is 3.82. The van der Waals surface area contributed by atoms with E-state index in [2.05, 4.69) is 15.5 Å². The smallest absolute Gasteiger partial charge is 0.350 e. The average Bonchev–Trinajstić information content (AvgIpc) is 2.64. The minimum absolute atomic E-state index is 0.198. The average molecular weight is 374 g/mol. The third kappa shape index (κ3) is 3.86.